The summed E-state index contributed by atoms with van der Waals surface area (Å²) < 4.78 is 28.1. The largest absolute Gasteiger partial charge is 0.478 e. The minimum absolute atomic E-state index is 0.0734. The number of carboxylic acids is 1. The van der Waals surface area contributed by atoms with Crippen molar-refractivity contribution in [2.75, 3.05) is 6.61 Å². The van der Waals surface area contributed by atoms with Crippen LogP contribution in [0.15, 0.2) is 12.2 Å². The molecule has 1 unspecified atom stereocenters. The molecule has 0 aromatic heterocycles. The van der Waals surface area contributed by atoms with Crippen LogP contribution in [0.25, 0.3) is 0 Å². The highest BCUT2D eigenvalue weighted by molar-refractivity contribution is 7.84. The van der Waals surface area contributed by atoms with E-state index in [1.165, 1.54) is 6.08 Å². The highest BCUT2D eigenvalue weighted by atomic mass is 32.2. The van der Waals surface area contributed by atoms with E-state index in [0.29, 0.717) is 6.42 Å². The molecule has 0 bridgehead atoms. The van der Waals surface area contributed by atoms with Crippen LogP contribution in [0.1, 0.15) is 6.42 Å². The summed E-state index contributed by atoms with van der Waals surface area (Å²) in [6, 6.07) is -0.491. The molecule has 0 aromatic rings. The molecule has 0 saturated carbocycles. The first-order chi connectivity index (χ1) is 5.99. The average molecular weight is 207 g/mol. The molecule has 1 atom stereocenters. The number of hydrogen-bond donors (Lipinski definition) is 2. The maximum absolute atomic E-state index is 10.8. The number of hydrogen-bond acceptors (Lipinski definition) is 4. The third-order valence-corrected chi connectivity index (χ3v) is 2.50. The summed E-state index contributed by atoms with van der Waals surface area (Å²) in [6.07, 6.45) is 2.62. The monoisotopic (exact) mass is 207 g/mol. The highest BCUT2D eigenvalue weighted by Crippen LogP contribution is 2.06. The van der Waals surface area contributed by atoms with Gasteiger partial charge in [-0.3, -0.25) is 4.18 Å². The summed E-state index contributed by atoms with van der Waals surface area (Å²) >= 11 is 0. The van der Waals surface area contributed by atoms with E-state index in [4.69, 9.17) is 5.11 Å². The van der Waals surface area contributed by atoms with Gasteiger partial charge < -0.3 is 5.11 Å². The second-order valence-corrected chi connectivity index (χ2v) is 3.87. The summed E-state index contributed by atoms with van der Waals surface area (Å²) in [6.45, 7) is 0.0734. The molecule has 2 N–H and O–H groups in total. The van der Waals surface area contributed by atoms with Crippen molar-refractivity contribution in [1.82, 2.24) is 4.72 Å². The van der Waals surface area contributed by atoms with E-state index in [1.54, 1.807) is 0 Å². The normalized spacial score (nSPS) is 27.5. The molecule has 1 fully saturated rings. The van der Waals surface area contributed by atoms with Gasteiger partial charge in [-0.25, -0.2) is 4.79 Å². The quantitative estimate of drug-likeness (QED) is 0.581. The predicted octanol–water partition coefficient (Wildman–Crippen LogP) is -0.750. The Bertz CT molecular complexity index is 320. The zero-order valence-corrected chi connectivity index (χ0v) is 7.45. The maximum Gasteiger partial charge on any atom is 0.336 e. The smallest absolute Gasteiger partial charge is 0.336 e. The van der Waals surface area contributed by atoms with E-state index < -0.39 is 22.3 Å². The zero-order chi connectivity index (χ0) is 9.90. The van der Waals surface area contributed by atoms with Crippen molar-refractivity contribution >= 4 is 16.3 Å². The van der Waals surface area contributed by atoms with Gasteiger partial charge in [-0.2, -0.15) is 13.1 Å². The van der Waals surface area contributed by atoms with Crippen molar-refractivity contribution in [3.63, 3.8) is 0 Å². The summed E-state index contributed by atoms with van der Waals surface area (Å²) in [5, 5.41) is 8.28. The van der Waals surface area contributed by atoms with Crippen LogP contribution >= 0.6 is 0 Å². The molecule has 0 amide bonds. The van der Waals surface area contributed by atoms with Crippen molar-refractivity contribution < 1.29 is 22.5 Å². The third-order valence-electron chi connectivity index (χ3n) is 1.43. The third kappa shape index (κ3) is 3.53. The number of aliphatic carboxylic acids is 1. The number of carboxylic acid groups (broad SMARTS) is 1. The van der Waals surface area contributed by atoms with Crippen LogP contribution in [0.2, 0.25) is 0 Å². The van der Waals surface area contributed by atoms with Gasteiger partial charge in [0.05, 0.1) is 6.61 Å². The summed E-state index contributed by atoms with van der Waals surface area (Å²) in [5.74, 6) is -1.11. The average Bonchev–Trinajstić information content (AvgIpc) is 1.99. The molecular weight excluding hydrogens is 198 g/mol. The van der Waals surface area contributed by atoms with Crippen LogP contribution in [0, 0.1) is 0 Å². The Morgan fingerprint density at radius 2 is 2.31 bits per heavy atom. The SMILES string of the molecule is O=C(O)C=CC1CCOS(=O)(=O)N1. The highest BCUT2D eigenvalue weighted by Gasteiger charge is 2.22. The van der Waals surface area contributed by atoms with Gasteiger partial charge in [-0.1, -0.05) is 6.08 Å². The molecule has 1 aliphatic rings. The summed E-state index contributed by atoms with van der Waals surface area (Å²) in [4.78, 5) is 10.1. The fourth-order valence-electron chi connectivity index (χ4n) is 0.897. The second kappa shape index (κ2) is 3.86. The van der Waals surface area contributed by atoms with Gasteiger partial charge in [0.2, 0.25) is 0 Å². The first kappa shape index (κ1) is 10.2. The zero-order valence-electron chi connectivity index (χ0n) is 6.63. The Hall–Kier alpha value is -0.920. The van der Waals surface area contributed by atoms with Gasteiger partial charge >= 0.3 is 16.3 Å². The molecule has 0 radical (unpaired) electrons. The Kier molecular flexibility index (Phi) is 3.02. The van der Waals surface area contributed by atoms with Crippen molar-refractivity contribution in [1.29, 1.82) is 0 Å². The van der Waals surface area contributed by atoms with Gasteiger partial charge in [0.15, 0.2) is 0 Å². The standard InChI is InChI=1S/C6H9NO5S/c8-6(9)2-1-5-3-4-12-13(10,11)7-5/h1-2,5,7H,3-4H2,(H,8,9). The lowest BCUT2D eigenvalue weighted by Crippen LogP contribution is -2.40. The fraction of sp³-hybridized carbons (Fsp3) is 0.500. The van der Waals surface area contributed by atoms with Crippen LogP contribution in [0.4, 0.5) is 0 Å². The van der Waals surface area contributed by atoms with Crippen LogP contribution in [-0.2, 0) is 19.3 Å². The minimum Gasteiger partial charge on any atom is -0.478 e. The molecule has 0 spiro atoms. The lowest BCUT2D eigenvalue weighted by molar-refractivity contribution is -0.131. The lowest BCUT2D eigenvalue weighted by Gasteiger charge is -2.19. The number of rotatable bonds is 2. The molecule has 1 heterocycles. The minimum atomic E-state index is -3.67. The predicted molar refractivity (Wildman–Crippen MR) is 43.2 cm³/mol. The topological polar surface area (TPSA) is 92.7 Å². The van der Waals surface area contributed by atoms with E-state index in [9.17, 15) is 13.2 Å². The molecule has 0 aliphatic carbocycles. The Morgan fingerprint density at radius 3 is 2.85 bits per heavy atom. The van der Waals surface area contributed by atoms with E-state index in [1.807, 2.05) is 0 Å². The first-order valence-electron chi connectivity index (χ1n) is 3.57. The molecular formula is C6H9NO5S. The van der Waals surface area contributed by atoms with Crippen molar-refractivity contribution in [3.05, 3.63) is 12.2 Å². The fourth-order valence-corrected chi connectivity index (χ4v) is 1.85. The molecule has 1 saturated heterocycles. The Morgan fingerprint density at radius 1 is 1.62 bits per heavy atom. The van der Waals surface area contributed by atoms with E-state index >= 15 is 0 Å². The molecule has 0 aromatic carbocycles. The van der Waals surface area contributed by atoms with Gasteiger partial charge in [0.25, 0.3) is 0 Å². The second-order valence-electron chi connectivity index (χ2n) is 2.49. The van der Waals surface area contributed by atoms with Crippen LogP contribution in [0.3, 0.4) is 0 Å². The van der Waals surface area contributed by atoms with Crippen molar-refractivity contribution in [2.24, 2.45) is 0 Å². The summed E-state index contributed by atoms with van der Waals surface area (Å²) in [7, 11) is -3.67. The molecule has 74 valence electrons. The van der Waals surface area contributed by atoms with Gasteiger partial charge in [-0.05, 0) is 6.42 Å². The van der Waals surface area contributed by atoms with E-state index in [2.05, 4.69) is 8.91 Å². The van der Waals surface area contributed by atoms with Gasteiger partial charge in [0.1, 0.15) is 0 Å². The first-order valence-corrected chi connectivity index (χ1v) is 4.98. The van der Waals surface area contributed by atoms with Crippen LogP contribution in [-0.4, -0.2) is 32.1 Å². The van der Waals surface area contributed by atoms with Crippen molar-refractivity contribution in [2.45, 2.75) is 12.5 Å². The van der Waals surface area contributed by atoms with E-state index in [0.717, 1.165) is 6.08 Å². The molecule has 7 heteroatoms. The van der Waals surface area contributed by atoms with Gasteiger partial charge in [-0.15, -0.1) is 0 Å². The molecule has 6 nitrogen and oxygen atoms in total. The van der Waals surface area contributed by atoms with Crippen LogP contribution < -0.4 is 4.72 Å². The van der Waals surface area contributed by atoms with Crippen LogP contribution in [0.5, 0.6) is 0 Å². The Labute approximate surface area is 75.5 Å². The maximum atomic E-state index is 10.8. The molecule has 1 aliphatic heterocycles. The number of nitrogens with one attached hydrogen (secondary N) is 1. The number of carbonyl (C=O) groups is 1. The molecule has 13 heavy (non-hydrogen) atoms. The van der Waals surface area contributed by atoms with Crippen molar-refractivity contribution in [3.8, 4) is 0 Å². The Balaban J connectivity index is 2.58. The lowest BCUT2D eigenvalue weighted by atomic mass is 10.2. The van der Waals surface area contributed by atoms with Gasteiger partial charge in [0, 0.05) is 12.1 Å². The van der Waals surface area contributed by atoms with E-state index in [-0.39, 0.29) is 6.61 Å². The summed E-state index contributed by atoms with van der Waals surface area (Å²) in [5.41, 5.74) is 0. The molecule has 1 rings (SSSR count).